The van der Waals surface area contributed by atoms with Gasteiger partial charge in [-0.15, -0.1) is 0 Å². The number of nitrogens with zero attached hydrogens (tertiary/aromatic N) is 1. The summed E-state index contributed by atoms with van der Waals surface area (Å²) >= 11 is 0. The Morgan fingerprint density at radius 3 is 2.73 bits per heavy atom. The van der Waals surface area contributed by atoms with E-state index < -0.39 is 0 Å². The molecule has 1 unspecified atom stereocenters. The number of halogens is 1. The minimum absolute atomic E-state index is 0.283. The first-order valence-electron chi connectivity index (χ1n) is 8.61. The number of hydrogen-bond donors (Lipinski definition) is 0. The lowest BCUT2D eigenvalue weighted by Gasteiger charge is -2.33. The van der Waals surface area contributed by atoms with Gasteiger partial charge in [-0.1, -0.05) is 18.2 Å². The summed E-state index contributed by atoms with van der Waals surface area (Å²) in [4.78, 5) is 0. The molecule has 1 aromatic heterocycles. The molecule has 1 aliphatic heterocycles. The van der Waals surface area contributed by atoms with Crippen molar-refractivity contribution in [1.82, 2.24) is 4.57 Å². The second kappa shape index (κ2) is 6.04. The molecule has 4 rings (SSSR count). The lowest BCUT2D eigenvalue weighted by atomic mass is 9.75. The first-order chi connectivity index (χ1) is 10.9. The van der Waals surface area contributed by atoms with E-state index in [0.717, 1.165) is 31.5 Å². The van der Waals surface area contributed by atoms with Crippen LogP contribution in [0.5, 0.6) is 0 Å². The average Bonchev–Trinajstić information content (AvgIpc) is 2.90. The van der Waals surface area contributed by atoms with Crippen LogP contribution in [0.1, 0.15) is 30.5 Å². The number of ether oxygens (including phenoxy) is 1. The molecule has 1 aliphatic carbocycles. The third-order valence-corrected chi connectivity index (χ3v) is 5.65. The normalized spacial score (nSPS) is 22.9. The lowest BCUT2D eigenvalue weighted by molar-refractivity contribution is 0.0438. The molecule has 2 heterocycles. The fourth-order valence-corrected chi connectivity index (χ4v) is 4.56. The zero-order valence-electron chi connectivity index (χ0n) is 13.1. The molecule has 2 aliphatic rings. The molecule has 1 aromatic carbocycles. The molecule has 2 nitrogen and oxygen atoms in total. The molecule has 0 N–H and O–H groups in total. The number of hydrogen-bond acceptors (Lipinski definition) is 1. The predicted molar refractivity (Wildman–Crippen MR) is 87.0 cm³/mol. The maximum absolute atomic E-state index is 13.0. The Hall–Kier alpha value is -1.35. The van der Waals surface area contributed by atoms with E-state index in [-0.39, 0.29) is 6.67 Å². The highest BCUT2D eigenvalue weighted by atomic mass is 19.1. The molecule has 3 heteroatoms. The predicted octanol–water partition coefficient (Wildman–Crippen LogP) is 4.14. The molecule has 1 saturated heterocycles. The second-order valence-corrected chi connectivity index (χ2v) is 6.74. The summed E-state index contributed by atoms with van der Waals surface area (Å²) in [6, 6.07) is 8.54. The van der Waals surface area contributed by atoms with Crippen LogP contribution in [0.15, 0.2) is 24.3 Å². The monoisotopic (exact) mass is 301 g/mol. The van der Waals surface area contributed by atoms with Crippen molar-refractivity contribution in [2.75, 3.05) is 19.9 Å². The van der Waals surface area contributed by atoms with Gasteiger partial charge >= 0.3 is 0 Å². The second-order valence-electron chi connectivity index (χ2n) is 6.74. The summed E-state index contributed by atoms with van der Waals surface area (Å²) < 4.78 is 20.7. The standard InChI is InChI=1S/C19H24FNO/c20-9-10-21-18-4-2-1-3-16(18)17-13-15(5-6-19(17)21)14-7-11-22-12-8-14/h1-4,14-15H,5-13H2. The molecule has 118 valence electrons. The highest BCUT2D eigenvalue weighted by Crippen LogP contribution is 2.39. The maximum Gasteiger partial charge on any atom is 0.107 e. The minimum Gasteiger partial charge on any atom is -0.381 e. The third kappa shape index (κ3) is 2.36. The SMILES string of the molecule is FCCn1c2c(c3ccccc31)CC(C1CCOCC1)CC2. The molecule has 0 saturated carbocycles. The van der Waals surface area contributed by atoms with E-state index in [4.69, 9.17) is 4.74 Å². The van der Waals surface area contributed by atoms with Crippen molar-refractivity contribution in [3.63, 3.8) is 0 Å². The van der Waals surface area contributed by atoms with Crippen molar-refractivity contribution in [2.45, 2.75) is 38.6 Å². The number of rotatable bonds is 3. The van der Waals surface area contributed by atoms with E-state index in [1.54, 1.807) is 0 Å². The number of benzene rings is 1. The van der Waals surface area contributed by atoms with E-state index in [2.05, 4.69) is 28.8 Å². The number of aromatic nitrogens is 1. The first-order valence-corrected chi connectivity index (χ1v) is 8.61. The molecular weight excluding hydrogens is 277 g/mol. The fraction of sp³-hybridized carbons (Fsp3) is 0.579. The van der Waals surface area contributed by atoms with Gasteiger partial charge in [-0.2, -0.15) is 0 Å². The van der Waals surface area contributed by atoms with Gasteiger partial charge in [-0.25, -0.2) is 4.39 Å². The summed E-state index contributed by atoms with van der Waals surface area (Å²) in [5.74, 6) is 1.59. The van der Waals surface area contributed by atoms with Crippen molar-refractivity contribution in [2.24, 2.45) is 11.8 Å². The summed E-state index contributed by atoms with van der Waals surface area (Å²) in [5, 5.41) is 1.35. The van der Waals surface area contributed by atoms with Gasteiger partial charge in [0.15, 0.2) is 0 Å². The molecule has 2 aromatic rings. The van der Waals surface area contributed by atoms with Crippen LogP contribution in [0.2, 0.25) is 0 Å². The third-order valence-electron chi connectivity index (χ3n) is 5.65. The van der Waals surface area contributed by atoms with Crippen molar-refractivity contribution >= 4 is 10.9 Å². The van der Waals surface area contributed by atoms with Crippen LogP contribution in [0.25, 0.3) is 10.9 Å². The van der Waals surface area contributed by atoms with E-state index in [9.17, 15) is 4.39 Å². The zero-order valence-corrected chi connectivity index (χ0v) is 13.1. The smallest absolute Gasteiger partial charge is 0.107 e. The van der Waals surface area contributed by atoms with E-state index in [1.165, 1.54) is 47.8 Å². The van der Waals surface area contributed by atoms with Crippen LogP contribution >= 0.6 is 0 Å². The summed E-state index contributed by atoms with van der Waals surface area (Å²) in [6.45, 7) is 2.07. The Balaban J connectivity index is 1.70. The molecule has 0 amide bonds. The molecule has 0 spiro atoms. The number of fused-ring (bicyclic) bond motifs is 3. The Kier molecular flexibility index (Phi) is 3.91. The average molecular weight is 301 g/mol. The van der Waals surface area contributed by atoms with E-state index in [1.807, 2.05) is 0 Å². The Bertz CT molecular complexity index is 657. The molecular formula is C19H24FNO. The van der Waals surface area contributed by atoms with Crippen LogP contribution in [0.4, 0.5) is 4.39 Å². The van der Waals surface area contributed by atoms with Gasteiger partial charge in [-0.05, 0) is 55.6 Å². The van der Waals surface area contributed by atoms with Gasteiger partial charge < -0.3 is 9.30 Å². The van der Waals surface area contributed by atoms with Gasteiger partial charge in [-0.3, -0.25) is 0 Å². The highest BCUT2D eigenvalue weighted by molar-refractivity contribution is 5.85. The summed E-state index contributed by atoms with van der Waals surface area (Å²) in [6.07, 6.45) is 5.94. The zero-order chi connectivity index (χ0) is 14.9. The van der Waals surface area contributed by atoms with Crippen molar-refractivity contribution in [3.8, 4) is 0 Å². The quantitative estimate of drug-likeness (QED) is 0.831. The van der Waals surface area contributed by atoms with E-state index in [0.29, 0.717) is 6.54 Å². The maximum atomic E-state index is 13.0. The summed E-state index contributed by atoms with van der Waals surface area (Å²) in [5.41, 5.74) is 4.10. The Morgan fingerprint density at radius 1 is 1.09 bits per heavy atom. The van der Waals surface area contributed by atoms with Gasteiger partial charge in [0, 0.05) is 29.8 Å². The molecule has 1 fully saturated rings. The molecule has 22 heavy (non-hydrogen) atoms. The van der Waals surface area contributed by atoms with Gasteiger partial charge in [0.2, 0.25) is 0 Å². The Morgan fingerprint density at radius 2 is 1.91 bits per heavy atom. The number of aryl methyl sites for hydroxylation is 1. The molecule has 0 radical (unpaired) electrons. The van der Waals surface area contributed by atoms with Gasteiger partial charge in [0.1, 0.15) is 6.67 Å². The Labute approximate surface area is 131 Å². The van der Waals surface area contributed by atoms with Crippen molar-refractivity contribution in [3.05, 3.63) is 35.5 Å². The molecule has 0 bridgehead atoms. The van der Waals surface area contributed by atoms with Gasteiger partial charge in [0.25, 0.3) is 0 Å². The van der Waals surface area contributed by atoms with Crippen LogP contribution in [-0.2, 0) is 24.1 Å². The van der Waals surface area contributed by atoms with E-state index >= 15 is 0 Å². The highest BCUT2D eigenvalue weighted by Gasteiger charge is 2.30. The van der Waals surface area contributed by atoms with Crippen molar-refractivity contribution in [1.29, 1.82) is 0 Å². The fourth-order valence-electron chi connectivity index (χ4n) is 4.56. The number of para-hydroxylation sites is 1. The van der Waals surface area contributed by atoms with Crippen LogP contribution in [0, 0.1) is 11.8 Å². The van der Waals surface area contributed by atoms with Crippen LogP contribution in [-0.4, -0.2) is 24.5 Å². The van der Waals surface area contributed by atoms with Gasteiger partial charge in [0.05, 0.1) is 6.54 Å². The number of alkyl halides is 1. The van der Waals surface area contributed by atoms with Crippen LogP contribution in [0.3, 0.4) is 0 Å². The first kappa shape index (κ1) is 14.3. The van der Waals surface area contributed by atoms with Crippen molar-refractivity contribution < 1.29 is 9.13 Å². The summed E-state index contributed by atoms with van der Waals surface area (Å²) in [7, 11) is 0. The largest absolute Gasteiger partial charge is 0.381 e. The molecule has 1 atom stereocenters. The topological polar surface area (TPSA) is 14.2 Å². The minimum atomic E-state index is -0.283. The van der Waals surface area contributed by atoms with Crippen LogP contribution < -0.4 is 0 Å². The lowest BCUT2D eigenvalue weighted by Crippen LogP contribution is -2.28.